The number of amides is 2. The van der Waals surface area contributed by atoms with E-state index in [0.29, 0.717) is 18.8 Å². The maximum absolute atomic E-state index is 12.8. The van der Waals surface area contributed by atoms with Crippen LogP contribution in [0.5, 0.6) is 0 Å². The first-order valence-electron chi connectivity index (χ1n) is 7.43. The van der Waals surface area contributed by atoms with Gasteiger partial charge in [0, 0.05) is 18.8 Å². The van der Waals surface area contributed by atoms with Crippen molar-refractivity contribution in [2.75, 3.05) is 24.2 Å². The molecule has 2 amide bonds. The van der Waals surface area contributed by atoms with Crippen molar-refractivity contribution in [3.8, 4) is 0 Å². The molecule has 0 fully saturated rings. The van der Waals surface area contributed by atoms with E-state index < -0.39 is 0 Å². The van der Waals surface area contributed by atoms with Crippen LogP contribution in [0.15, 0.2) is 36.4 Å². The van der Waals surface area contributed by atoms with Crippen LogP contribution in [0.4, 0.5) is 10.1 Å². The zero-order chi connectivity index (χ0) is 17.4. The number of nitrogens with zero attached hydrogens (tertiary/aromatic N) is 1. The zero-order valence-corrected chi connectivity index (χ0v) is 14.6. The van der Waals surface area contributed by atoms with Crippen molar-refractivity contribution in [1.29, 1.82) is 0 Å². The van der Waals surface area contributed by atoms with Crippen LogP contribution in [0.25, 0.3) is 0 Å². The van der Waals surface area contributed by atoms with E-state index in [-0.39, 0.29) is 28.6 Å². The van der Waals surface area contributed by atoms with Crippen LogP contribution < -0.4 is 5.32 Å². The molecule has 1 N–H and O–H groups in total. The van der Waals surface area contributed by atoms with E-state index in [1.807, 2.05) is 13.8 Å². The standard InChI is InChI=1S/C17H23FN2O2S/c1-5-20(10-12(2)3)17(22)13(4)23-11-16(21)19-15-8-6-14(18)7-9-15/h6-9,13H,2,5,10-11H2,1,3-4H3,(H,19,21). The van der Waals surface area contributed by atoms with Gasteiger partial charge in [0.2, 0.25) is 11.8 Å². The number of halogens is 1. The largest absolute Gasteiger partial charge is 0.338 e. The Balaban J connectivity index is 2.46. The first-order valence-corrected chi connectivity index (χ1v) is 8.48. The van der Waals surface area contributed by atoms with Crippen LogP contribution >= 0.6 is 11.8 Å². The van der Waals surface area contributed by atoms with Gasteiger partial charge in [0.05, 0.1) is 11.0 Å². The van der Waals surface area contributed by atoms with Gasteiger partial charge in [0.1, 0.15) is 5.82 Å². The molecule has 0 aromatic heterocycles. The molecule has 1 rings (SSSR count). The molecule has 1 aromatic rings. The molecular formula is C17H23FN2O2S. The van der Waals surface area contributed by atoms with Crippen LogP contribution in [0, 0.1) is 5.82 Å². The Morgan fingerprint density at radius 1 is 1.35 bits per heavy atom. The summed E-state index contributed by atoms with van der Waals surface area (Å²) in [6.45, 7) is 10.5. The number of benzene rings is 1. The summed E-state index contributed by atoms with van der Waals surface area (Å²) in [7, 11) is 0. The second kappa shape index (κ2) is 9.35. The molecule has 4 nitrogen and oxygen atoms in total. The molecule has 0 saturated carbocycles. The summed E-state index contributed by atoms with van der Waals surface area (Å²) in [6, 6.07) is 5.56. The molecule has 6 heteroatoms. The van der Waals surface area contributed by atoms with E-state index in [2.05, 4.69) is 11.9 Å². The molecule has 1 aromatic carbocycles. The summed E-state index contributed by atoms with van der Waals surface area (Å²) in [6.07, 6.45) is 0. The third-order valence-electron chi connectivity index (χ3n) is 3.09. The highest BCUT2D eigenvalue weighted by atomic mass is 32.2. The normalized spacial score (nSPS) is 11.7. The van der Waals surface area contributed by atoms with E-state index >= 15 is 0 Å². The highest BCUT2D eigenvalue weighted by molar-refractivity contribution is 8.01. The Morgan fingerprint density at radius 2 is 1.96 bits per heavy atom. The van der Waals surface area contributed by atoms with Gasteiger partial charge < -0.3 is 10.2 Å². The number of hydrogen-bond donors (Lipinski definition) is 1. The van der Waals surface area contributed by atoms with E-state index in [9.17, 15) is 14.0 Å². The molecule has 126 valence electrons. The van der Waals surface area contributed by atoms with Gasteiger partial charge in [-0.3, -0.25) is 9.59 Å². The number of thioether (sulfide) groups is 1. The predicted octanol–water partition coefficient (Wildman–Crippen LogP) is 3.31. The van der Waals surface area contributed by atoms with Crippen LogP contribution in [-0.2, 0) is 9.59 Å². The van der Waals surface area contributed by atoms with Crippen molar-refractivity contribution < 1.29 is 14.0 Å². The molecule has 0 spiro atoms. The number of hydrogen-bond acceptors (Lipinski definition) is 3. The molecule has 0 aliphatic rings. The molecule has 0 bridgehead atoms. The lowest BCUT2D eigenvalue weighted by Crippen LogP contribution is -2.38. The number of carbonyl (C=O) groups excluding carboxylic acids is 2. The fourth-order valence-corrected chi connectivity index (χ4v) is 2.70. The lowest BCUT2D eigenvalue weighted by atomic mass is 10.3. The molecule has 0 radical (unpaired) electrons. The number of nitrogens with one attached hydrogen (secondary N) is 1. The molecule has 0 heterocycles. The van der Waals surface area contributed by atoms with Crippen molar-refractivity contribution in [1.82, 2.24) is 4.90 Å². The van der Waals surface area contributed by atoms with Gasteiger partial charge in [0.25, 0.3) is 0 Å². The van der Waals surface area contributed by atoms with Crippen molar-refractivity contribution in [2.45, 2.75) is 26.0 Å². The van der Waals surface area contributed by atoms with Gasteiger partial charge in [-0.15, -0.1) is 11.8 Å². The SMILES string of the molecule is C=C(C)CN(CC)C(=O)C(C)SCC(=O)Nc1ccc(F)cc1. The first kappa shape index (κ1) is 19.2. The number of likely N-dealkylation sites (N-methyl/N-ethyl adjacent to an activating group) is 1. The fourth-order valence-electron chi connectivity index (χ4n) is 1.93. The Labute approximate surface area is 141 Å². The molecule has 0 aliphatic carbocycles. The van der Waals surface area contributed by atoms with Crippen LogP contribution in [0.1, 0.15) is 20.8 Å². The number of anilines is 1. The molecule has 0 aliphatic heterocycles. The number of carbonyl (C=O) groups is 2. The molecule has 23 heavy (non-hydrogen) atoms. The average molecular weight is 338 g/mol. The Morgan fingerprint density at radius 3 is 2.48 bits per heavy atom. The Hall–Kier alpha value is -1.82. The summed E-state index contributed by atoms with van der Waals surface area (Å²) in [5.41, 5.74) is 1.46. The van der Waals surface area contributed by atoms with E-state index in [0.717, 1.165) is 5.57 Å². The smallest absolute Gasteiger partial charge is 0.235 e. The molecule has 0 saturated heterocycles. The van der Waals surface area contributed by atoms with Crippen LogP contribution in [0.3, 0.4) is 0 Å². The summed E-state index contributed by atoms with van der Waals surface area (Å²) >= 11 is 1.28. The van der Waals surface area contributed by atoms with Crippen molar-refractivity contribution in [3.63, 3.8) is 0 Å². The fraction of sp³-hybridized carbons (Fsp3) is 0.412. The van der Waals surface area contributed by atoms with Crippen molar-refractivity contribution in [2.24, 2.45) is 0 Å². The number of rotatable bonds is 8. The highest BCUT2D eigenvalue weighted by Crippen LogP contribution is 2.15. The highest BCUT2D eigenvalue weighted by Gasteiger charge is 2.20. The third-order valence-corrected chi connectivity index (χ3v) is 4.22. The summed E-state index contributed by atoms with van der Waals surface area (Å²) in [5.74, 6) is -0.414. The second-order valence-corrected chi connectivity index (χ2v) is 6.65. The summed E-state index contributed by atoms with van der Waals surface area (Å²) < 4.78 is 12.8. The maximum atomic E-state index is 12.8. The topological polar surface area (TPSA) is 49.4 Å². The Kier molecular flexibility index (Phi) is 7.81. The monoisotopic (exact) mass is 338 g/mol. The van der Waals surface area contributed by atoms with Gasteiger partial charge >= 0.3 is 0 Å². The quantitative estimate of drug-likeness (QED) is 0.740. The third kappa shape index (κ3) is 6.86. The summed E-state index contributed by atoms with van der Waals surface area (Å²) in [5, 5.41) is 2.36. The second-order valence-electron chi connectivity index (χ2n) is 5.32. The van der Waals surface area contributed by atoms with Gasteiger partial charge in [-0.25, -0.2) is 4.39 Å². The van der Waals surface area contributed by atoms with Crippen LogP contribution in [0.2, 0.25) is 0 Å². The average Bonchev–Trinajstić information content (AvgIpc) is 2.51. The minimum atomic E-state index is -0.353. The first-order chi connectivity index (χ1) is 10.8. The van der Waals surface area contributed by atoms with Crippen LogP contribution in [-0.4, -0.2) is 40.8 Å². The predicted molar refractivity (Wildman–Crippen MR) is 94.0 cm³/mol. The van der Waals surface area contributed by atoms with E-state index in [1.54, 1.807) is 11.8 Å². The van der Waals surface area contributed by atoms with Gasteiger partial charge in [-0.1, -0.05) is 12.2 Å². The molecule has 1 unspecified atom stereocenters. The summed E-state index contributed by atoms with van der Waals surface area (Å²) in [4.78, 5) is 25.9. The van der Waals surface area contributed by atoms with Gasteiger partial charge in [-0.05, 0) is 45.0 Å². The minimum absolute atomic E-state index is 0.00455. The Bertz CT molecular complexity index is 560. The maximum Gasteiger partial charge on any atom is 0.235 e. The van der Waals surface area contributed by atoms with E-state index in [4.69, 9.17) is 0 Å². The molecular weight excluding hydrogens is 315 g/mol. The zero-order valence-electron chi connectivity index (χ0n) is 13.8. The van der Waals surface area contributed by atoms with Crippen molar-refractivity contribution in [3.05, 3.63) is 42.2 Å². The van der Waals surface area contributed by atoms with Gasteiger partial charge in [-0.2, -0.15) is 0 Å². The lowest BCUT2D eigenvalue weighted by molar-refractivity contribution is -0.129. The molecule has 1 atom stereocenters. The lowest BCUT2D eigenvalue weighted by Gasteiger charge is -2.24. The van der Waals surface area contributed by atoms with E-state index in [1.165, 1.54) is 36.0 Å². The van der Waals surface area contributed by atoms with Gasteiger partial charge in [0.15, 0.2) is 0 Å². The minimum Gasteiger partial charge on any atom is -0.338 e. The van der Waals surface area contributed by atoms with Crippen molar-refractivity contribution >= 4 is 29.3 Å².